The van der Waals surface area contributed by atoms with Gasteiger partial charge in [0.25, 0.3) is 5.92 Å². The van der Waals surface area contributed by atoms with Crippen LogP contribution in [0.2, 0.25) is 0 Å². The fraction of sp³-hybridized carbons (Fsp3) is 0.387. The molecule has 0 saturated carbocycles. The molecule has 0 aliphatic carbocycles. The Morgan fingerprint density at radius 3 is 2.59 bits per heavy atom. The Morgan fingerprint density at radius 1 is 1.13 bits per heavy atom. The smallest absolute Gasteiger partial charge is 0.302 e. The van der Waals surface area contributed by atoms with Gasteiger partial charge >= 0.3 is 5.97 Å². The van der Waals surface area contributed by atoms with Crippen LogP contribution in [0.5, 0.6) is 5.75 Å². The first-order chi connectivity index (χ1) is 18.3. The number of esters is 1. The van der Waals surface area contributed by atoms with E-state index in [2.05, 4.69) is 4.98 Å². The van der Waals surface area contributed by atoms with Crippen LogP contribution in [-0.4, -0.2) is 34.8 Å². The molecule has 2 aromatic heterocycles. The van der Waals surface area contributed by atoms with Crippen molar-refractivity contribution in [1.82, 2.24) is 9.97 Å². The highest BCUT2D eigenvalue weighted by Gasteiger charge is 2.31. The van der Waals surface area contributed by atoms with Gasteiger partial charge in [0, 0.05) is 42.8 Å². The quantitative estimate of drug-likeness (QED) is 0.243. The summed E-state index contributed by atoms with van der Waals surface area (Å²) in [5.74, 6) is -2.75. The highest BCUT2D eigenvalue weighted by molar-refractivity contribution is 6.07. The number of carbonyl (C=O) groups is 1. The zero-order valence-electron chi connectivity index (χ0n) is 23.0. The minimum atomic E-state index is -3.09. The molecule has 8 heteroatoms. The van der Waals surface area contributed by atoms with E-state index in [1.54, 1.807) is 18.3 Å². The van der Waals surface area contributed by atoms with Crippen molar-refractivity contribution in [3.05, 3.63) is 65.0 Å². The van der Waals surface area contributed by atoms with Crippen LogP contribution in [0.4, 0.5) is 8.78 Å². The van der Waals surface area contributed by atoms with Crippen LogP contribution in [-0.2, 0) is 26.6 Å². The number of fused-ring (bicyclic) bond motifs is 1. The van der Waals surface area contributed by atoms with Crippen molar-refractivity contribution < 1.29 is 27.8 Å². The number of ether oxygens (including phenoxy) is 3. The lowest BCUT2D eigenvalue weighted by atomic mass is 9.86. The number of hydrogen-bond donors (Lipinski definition) is 0. The fourth-order valence-electron chi connectivity index (χ4n) is 5.27. The van der Waals surface area contributed by atoms with E-state index in [9.17, 15) is 13.6 Å². The molecule has 1 unspecified atom stereocenters. The SMILES string of the molecule is CC(=O)OCC(OC(C)(C)C)c1c(C)cc2nc(C(C)(F)F)ccc2c1-c1ccc2c3c(ccnc13)CCO2. The Kier molecular flexibility index (Phi) is 6.79. The molecule has 0 amide bonds. The molecule has 6 nitrogen and oxygen atoms in total. The average molecular weight is 535 g/mol. The Bertz CT molecular complexity index is 1580. The summed E-state index contributed by atoms with van der Waals surface area (Å²) in [6, 6.07) is 10.7. The van der Waals surface area contributed by atoms with Crippen molar-refractivity contribution in [1.29, 1.82) is 0 Å². The average Bonchev–Trinajstić information content (AvgIpc) is 2.85. The topological polar surface area (TPSA) is 70.5 Å². The number of nitrogens with zero attached hydrogens (tertiary/aromatic N) is 2. The van der Waals surface area contributed by atoms with Crippen LogP contribution < -0.4 is 4.74 Å². The van der Waals surface area contributed by atoms with Gasteiger partial charge in [0.2, 0.25) is 0 Å². The van der Waals surface area contributed by atoms with Crippen molar-refractivity contribution in [2.24, 2.45) is 0 Å². The predicted molar refractivity (Wildman–Crippen MR) is 146 cm³/mol. The van der Waals surface area contributed by atoms with E-state index in [4.69, 9.17) is 19.2 Å². The Hall–Kier alpha value is -3.65. The summed E-state index contributed by atoms with van der Waals surface area (Å²) in [6.07, 6.45) is 1.90. The summed E-state index contributed by atoms with van der Waals surface area (Å²) in [4.78, 5) is 21.0. The van der Waals surface area contributed by atoms with Crippen molar-refractivity contribution in [2.45, 2.75) is 65.6 Å². The summed E-state index contributed by atoms with van der Waals surface area (Å²) in [7, 11) is 0. The monoisotopic (exact) mass is 534 g/mol. The van der Waals surface area contributed by atoms with Gasteiger partial charge in [0.05, 0.1) is 23.2 Å². The molecule has 4 aromatic rings. The van der Waals surface area contributed by atoms with E-state index in [-0.39, 0.29) is 12.3 Å². The van der Waals surface area contributed by atoms with Gasteiger partial charge in [0.15, 0.2) is 0 Å². The first kappa shape index (κ1) is 26.9. The summed E-state index contributed by atoms with van der Waals surface area (Å²) >= 11 is 0. The molecular formula is C31H32F2N2O4. The number of halogens is 2. The van der Waals surface area contributed by atoms with Crippen LogP contribution >= 0.6 is 0 Å². The zero-order chi connectivity index (χ0) is 28.1. The van der Waals surface area contributed by atoms with E-state index < -0.39 is 23.6 Å². The predicted octanol–water partition coefficient (Wildman–Crippen LogP) is 7.22. The van der Waals surface area contributed by atoms with Crippen molar-refractivity contribution in [3.63, 3.8) is 0 Å². The molecule has 39 heavy (non-hydrogen) atoms. The van der Waals surface area contributed by atoms with Gasteiger partial charge in [0.1, 0.15) is 24.2 Å². The number of carbonyl (C=O) groups excluding carboxylic acids is 1. The maximum absolute atomic E-state index is 14.3. The number of rotatable bonds is 6. The van der Waals surface area contributed by atoms with Crippen LogP contribution in [0.15, 0.2) is 42.6 Å². The third-order valence-electron chi connectivity index (χ3n) is 6.79. The van der Waals surface area contributed by atoms with E-state index in [0.29, 0.717) is 17.5 Å². The summed E-state index contributed by atoms with van der Waals surface area (Å²) in [6.45, 7) is 10.5. The largest absolute Gasteiger partial charge is 0.493 e. The molecule has 0 spiro atoms. The van der Waals surface area contributed by atoms with E-state index in [0.717, 1.165) is 57.8 Å². The lowest BCUT2D eigenvalue weighted by Gasteiger charge is -2.31. The van der Waals surface area contributed by atoms with Gasteiger partial charge in [-0.25, -0.2) is 4.98 Å². The molecule has 0 bridgehead atoms. The molecule has 1 aliphatic rings. The van der Waals surface area contributed by atoms with Gasteiger partial charge < -0.3 is 14.2 Å². The summed E-state index contributed by atoms with van der Waals surface area (Å²) in [5.41, 5.74) is 4.56. The lowest BCUT2D eigenvalue weighted by molar-refractivity contribution is -0.150. The van der Waals surface area contributed by atoms with Gasteiger partial charge in [-0.3, -0.25) is 9.78 Å². The molecule has 0 radical (unpaired) electrons. The number of pyridine rings is 2. The maximum Gasteiger partial charge on any atom is 0.302 e. The van der Waals surface area contributed by atoms with Crippen LogP contribution in [0.3, 0.4) is 0 Å². The third-order valence-corrected chi connectivity index (χ3v) is 6.79. The highest BCUT2D eigenvalue weighted by atomic mass is 19.3. The van der Waals surface area contributed by atoms with Crippen LogP contribution in [0.1, 0.15) is 63.1 Å². The number of hydrogen-bond acceptors (Lipinski definition) is 6. The third kappa shape index (κ3) is 5.30. The number of benzene rings is 2. The van der Waals surface area contributed by atoms with Gasteiger partial charge in [-0.15, -0.1) is 0 Å². The standard InChI is InChI=1S/C31H32F2N2O4/c1-17-15-22-20(8-10-25(35-22)31(6,32)33)28(26(17)24(16-38-18(2)36)39-30(3,4)5)21-7-9-23-27-19(12-14-37-23)11-13-34-29(21)27/h7-11,13,15,24H,12,14,16H2,1-6H3. The van der Waals surface area contributed by atoms with E-state index >= 15 is 0 Å². The minimum Gasteiger partial charge on any atom is -0.493 e. The second-order valence-electron chi connectivity index (χ2n) is 11.1. The maximum atomic E-state index is 14.3. The Morgan fingerprint density at radius 2 is 1.90 bits per heavy atom. The van der Waals surface area contributed by atoms with E-state index in [1.807, 2.05) is 45.9 Å². The normalized spacial score (nSPS) is 14.4. The zero-order valence-corrected chi connectivity index (χ0v) is 23.0. The molecule has 0 N–H and O–H groups in total. The van der Waals surface area contributed by atoms with Crippen molar-refractivity contribution >= 4 is 27.8 Å². The Balaban J connectivity index is 1.87. The van der Waals surface area contributed by atoms with Crippen LogP contribution in [0, 0.1) is 6.92 Å². The number of aryl methyl sites for hydroxylation is 1. The Labute approximate surface area is 226 Å². The minimum absolute atomic E-state index is 0.0116. The molecule has 1 atom stereocenters. The molecule has 0 fully saturated rings. The van der Waals surface area contributed by atoms with Gasteiger partial charge in [-0.1, -0.05) is 6.07 Å². The first-order valence-corrected chi connectivity index (χ1v) is 13.0. The van der Waals surface area contributed by atoms with Crippen LogP contribution in [0.25, 0.3) is 32.9 Å². The second-order valence-corrected chi connectivity index (χ2v) is 11.1. The van der Waals surface area contributed by atoms with Crippen molar-refractivity contribution in [2.75, 3.05) is 13.2 Å². The molecule has 1 aliphatic heterocycles. The molecule has 2 aromatic carbocycles. The summed E-state index contributed by atoms with van der Waals surface area (Å²) in [5, 5.41) is 1.60. The second kappa shape index (κ2) is 9.83. The highest BCUT2D eigenvalue weighted by Crippen LogP contribution is 2.45. The van der Waals surface area contributed by atoms with Gasteiger partial charge in [-0.2, -0.15) is 8.78 Å². The fourth-order valence-corrected chi connectivity index (χ4v) is 5.27. The molecular weight excluding hydrogens is 502 g/mol. The summed E-state index contributed by atoms with van der Waals surface area (Å²) < 4.78 is 46.4. The lowest BCUT2D eigenvalue weighted by Crippen LogP contribution is -2.27. The number of aromatic nitrogens is 2. The first-order valence-electron chi connectivity index (χ1n) is 13.0. The molecule has 0 saturated heterocycles. The molecule has 204 valence electrons. The van der Waals surface area contributed by atoms with Gasteiger partial charge in [-0.05, 0) is 80.3 Å². The molecule has 3 heterocycles. The van der Waals surface area contributed by atoms with E-state index in [1.165, 1.54) is 13.0 Å². The number of alkyl halides is 2. The molecule has 5 rings (SSSR count). The van der Waals surface area contributed by atoms with Crippen molar-refractivity contribution in [3.8, 4) is 16.9 Å².